The number of esters is 1. The lowest BCUT2D eigenvalue weighted by Gasteiger charge is -2.22. The fourth-order valence-corrected chi connectivity index (χ4v) is 5.42. The molecule has 3 rings (SSSR count). The molecule has 1 unspecified atom stereocenters. The van der Waals surface area contributed by atoms with Crippen LogP contribution in [-0.2, 0) is 16.0 Å². The molecule has 1 N–H and O–H groups in total. The van der Waals surface area contributed by atoms with E-state index in [1.54, 1.807) is 11.8 Å². The maximum absolute atomic E-state index is 11.6. The molecule has 1 heterocycles. The topological polar surface area (TPSA) is 65.4 Å². The zero-order valence-electron chi connectivity index (χ0n) is 18.5. The molecule has 1 aliphatic heterocycles. The van der Waals surface area contributed by atoms with E-state index in [2.05, 4.69) is 67.6 Å². The van der Waals surface area contributed by atoms with Crippen molar-refractivity contribution in [3.8, 4) is 6.07 Å². The number of rotatable bonds is 8. The maximum atomic E-state index is 11.6. The number of hydrazine groups is 1. The first-order valence-corrected chi connectivity index (χ1v) is 12.4. The van der Waals surface area contributed by atoms with Crippen molar-refractivity contribution in [2.24, 2.45) is 0 Å². The number of aryl methyl sites for hydroxylation is 2. The minimum absolute atomic E-state index is 0.105. The molecule has 1 fully saturated rings. The van der Waals surface area contributed by atoms with Crippen LogP contribution in [0.25, 0.3) is 0 Å². The summed E-state index contributed by atoms with van der Waals surface area (Å²) in [6.45, 7) is 8.61. The third-order valence-electron chi connectivity index (χ3n) is 4.91. The summed E-state index contributed by atoms with van der Waals surface area (Å²) in [5.74, 6) is 0.664. The molecule has 0 saturated carbocycles. The van der Waals surface area contributed by atoms with Crippen LogP contribution in [0.3, 0.4) is 0 Å². The molecule has 5 nitrogen and oxygen atoms in total. The first-order valence-electron chi connectivity index (χ1n) is 10.5. The second-order valence-corrected chi connectivity index (χ2v) is 10.4. The number of carbonyl (C=O) groups excluding carboxylic acids is 1. The lowest BCUT2D eigenvalue weighted by atomic mass is 10.1. The van der Waals surface area contributed by atoms with Crippen LogP contribution in [0.2, 0.25) is 0 Å². The standard InChI is InChI=1S/C24H29N3O2S2/c1-5-29-23(28)11-7-18-6-9-21(17(4)12-18)27-15-30-24(26-27)19-8-10-22(31-16(2)3)20(13-19)14-25/h6,8-10,12-13,16,24,26H,5,7,11,15H2,1-4H3. The van der Waals surface area contributed by atoms with Crippen LogP contribution in [0, 0.1) is 18.3 Å². The summed E-state index contributed by atoms with van der Waals surface area (Å²) in [7, 11) is 0. The highest BCUT2D eigenvalue weighted by Crippen LogP contribution is 2.37. The Balaban J connectivity index is 1.67. The highest BCUT2D eigenvalue weighted by molar-refractivity contribution is 8.00. The van der Waals surface area contributed by atoms with Gasteiger partial charge in [-0.15, -0.1) is 23.5 Å². The highest BCUT2D eigenvalue weighted by Gasteiger charge is 2.25. The van der Waals surface area contributed by atoms with Gasteiger partial charge in [0, 0.05) is 16.6 Å². The number of nitrogens with zero attached hydrogens (tertiary/aromatic N) is 2. The van der Waals surface area contributed by atoms with Crippen LogP contribution in [0.4, 0.5) is 5.69 Å². The average molecular weight is 456 g/mol. The van der Waals surface area contributed by atoms with Crippen molar-refractivity contribution in [2.75, 3.05) is 17.5 Å². The van der Waals surface area contributed by atoms with Crippen LogP contribution in [0.5, 0.6) is 0 Å². The summed E-state index contributed by atoms with van der Waals surface area (Å²) in [6, 6.07) is 14.9. The lowest BCUT2D eigenvalue weighted by molar-refractivity contribution is -0.143. The van der Waals surface area contributed by atoms with Gasteiger partial charge in [0.05, 0.1) is 29.1 Å². The van der Waals surface area contributed by atoms with Crippen LogP contribution in [0.1, 0.15) is 54.8 Å². The number of nitrogens with one attached hydrogen (secondary N) is 1. The van der Waals surface area contributed by atoms with Gasteiger partial charge in [0.2, 0.25) is 0 Å². The molecule has 164 valence electrons. The predicted octanol–water partition coefficient (Wildman–Crippen LogP) is 5.58. The van der Waals surface area contributed by atoms with Crippen LogP contribution < -0.4 is 10.4 Å². The highest BCUT2D eigenvalue weighted by atomic mass is 32.2. The van der Waals surface area contributed by atoms with Crippen LogP contribution in [-0.4, -0.2) is 23.7 Å². The Morgan fingerprint density at radius 1 is 1.35 bits per heavy atom. The molecule has 0 radical (unpaired) electrons. The summed E-state index contributed by atoms with van der Waals surface area (Å²) in [5.41, 5.74) is 8.84. The van der Waals surface area contributed by atoms with E-state index in [4.69, 9.17) is 4.74 Å². The third-order valence-corrected chi connectivity index (χ3v) is 7.11. The van der Waals surface area contributed by atoms with E-state index in [1.165, 1.54) is 0 Å². The minimum atomic E-state index is -0.153. The number of anilines is 1. The minimum Gasteiger partial charge on any atom is -0.466 e. The largest absolute Gasteiger partial charge is 0.466 e. The van der Waals surface area contributed by atoms with Gasteiger partial charge in [-0.3, -0.25) is 9.80 Å². The Morgan fingerprint density at radius 3 is 2.84 bits per heavy atom. The Morgan fingerprint density at radius 2 is 2.16 bits per heavy atom. The molecule has 0 amide bonds. The Kier molecular flexibility index (Phi) is 8.30. The van der Waals surface area contributed by atoms with Gasteiger partial charge < -0.3 is 4.74 Å². The van der Waals surface area contributed by atoms with Gasteiger partial charge in [0.15, 0.2) is 0 Å². The van der Waals surface area contributed by atoms with E-state index in [9.17, 15) is 10.1 Å². The van der Waals surface area contributed by atoms with Crippen molar-refractivity contribution >= 4 is 35.2 Å². The van der Waals surface area contributed by atoms with Crippen molar-refractivity contribution in [1.82, 2.24) is 5.43 Å². The lowest BCUT2D eigenvalue weighted by Crippen LogP contribution is -2.32. The fraction of sp³-hybridized carbons (Fsp3) is 0.417. The summed E-state index contributed by atoms with van der Waals surface area (Å²) in [5, 5.41) is 12.3. The first kappa shape index (κ1) is 23.5. The van der Waals surface area contributed by atoms with Crippen molar-refractivity contribution < 1.29 is 9.53 Å². The second-order valence-electron chi connectivity index (χ2n) is 7.69. The molecule has 7 heteroatoms. The van der Waals surface area contributed by atoms with Crippen molar-refractivity contribution in [3.05, 3.63) is 58.7 Å². The molecule has 0 spiro atoms. The molecule has 0 bridgehead atoms. The Labute approximate surface area is 193 Å². The number of benzene rings is 2. The van der Waals surface area contributed by atoms with Gasteiger partial charge in [-0.2, -0.15) is 5.26 Å². The van der Waals surface area contributed by atoms with E-state index in [0.29, 0.717) is 24.7 Å². The van der Waals surface area contributed by atoms with Gasteiger partial charge in [-0.25, -0.2) is 5.43 Å². The SMILES string of the molecule is CCOC(=O)CCc1ccc(N2CSC(c3ccc(SC(C)C)c(C#N)c3)N2)c(C)c1. The quantitative estimate of drug-likeness (QED) is 0.412. The average Bonchev–Trinajstić information content (AvgIpc) is 3.22. The van der Waals surface area contributed by atoms with E-state index < -0.39 is 0 Å². The molecule has 1 atom stereocenters. The zero-order chi connectivity index (χ0) is 22.4. The summed E-state index contributed by atoms with van der Waals surface area (Å²) >= 11 is 3.53. The number of hydrogen-bond donors (Lipinski definition) is 1. The Hall–Kier alpha value is -2.14. The molecular weight excluding hydrogens is 426 g/mol. The molecule has 2 aromatic carbocycles. The molecule has 1 aliphatic rings. The van der Waals surface area contributed by atoms with Crippen molar-refractivity contribution in [1.29, 1.82) is 5.26 Å². The molecule has 0 aromatic heterocycles. The predicted molar refractivity (Wildman–Crippen MR) is 129 cm³/mol. The summed E-state index contributed by atoms with van der Waals surface area (Å²) in [6.07, 6.45) is 1.08. The maximum Gasteiger partial charge on any atom is 0.306 e. The smallest absolute Gasteiger partial charge is 0.306 e. The molecule has 31 heavy (non-hydrogen) atoms. The fourth-order valence-electron chi connectivity index (χ4n) is 3.49. The number of thioether (sulfide) groups is 2. The van der Waals surface area contributed by atoms with E-state index in [0.717, 1.165) is 38.7 Å². The normalized spacial score (nSPS) is 15.9. The monoisotopic (exact) mass is 455 g/mol. The molecule has 0 aliphatic carbocycles. The number of carbonyl (C=O) groups is 1. The molecular formula is C24H29N3O2S2. The first-order chi connectivity index (χ1) is 14.9. The zero-order valence-corrected chi connectivity index (χ0v) is 20.1. The van der Waals surface area contributed by atoms with Gasteiger partial charge in [-0.1, -0.05) is 32.0 Å². The van der Waals surface area contributed by atoms with Gasteiger partial charge >= 0.3 is 5.97 Å². The molecule has 2 aromatic rings. The third kappa shape index (κ3) is 6.19. The number of hydrogen-bond acceptors (Lipinski definition) is 7. The van der Waals surface area contributed by atoms with Crippen LogP contribution in [0.15, 0.2) is 41.3 Å². The second kappa shape index (κ2) is 10.9. The van der Waals surface area contributed by atoms with Crippen molar-refractivity contribution in [2.45, 2.75) is 56.1 Å². The Bertz CT molecular complexity index is 972. The van der Waals surface area contributed by atoms with E-state index in [-0.39, 0.29) is 11.3 Å². The van der Waals surface area contributed by atoms with Gasteiger partial charge in [0.1, 0.15) is 6.07 Å². The van der Waals surface area contributed by atoms with Crippen LogP contribution >= 0.6 is 23.5 Å². The van der Waals surface area contributed by atoms with E-state index in [1.807, 2.05) is 24.8 Å². The number of ether oxygens (including phenoxy) is 1. The van der Waals surface area contributed by atoms with Gasteiger partial charge in [0.25, 0.3) is 0 Å². The number of nitriles is 1. The summed E-state index contributed by atoms with van der Waals surface area (Å²) in [4.78, 5) is 12.6. The molecule has 1 saturated heterocycles. The van der Waals surface area contributed by atoms with E-state index >= 15 is 0 Å². The van der Waals surface area contributed by atoms with Gasteiger partial charge in [-0.05, 0) is 55.2 Å². The van der Waals surface area contributed by atoms with Crippen molar-refractivity contribution in [3.63, 3.8) is 0 Å². The summed E-state index contributed by atoms with van der Waals surface area (Å²) < 4.78 is 5.01.